The number of carbonyl (C=O) groups is 1. The molecule has 6 rings (SSSR count). The number of halogens is 3. The summed E-state index contributed by atoms with van der Waals surface area (Å²) in [5.74, 6) is -1.88. The quantitative estimate of drug-likeness (QED) is 0.390. The molecule has 0 aliphatic carbocycles. The van der Waals surface area contributed by atoms with Crippen molar-refractivity contribution in [2.45, 2.75) is 18.6 Å². The van der Waals surface area contributed by atoms with E-state index in [0.29, 0.717) is 23.5 Å². The number of nitrogens with one attached hydrogen (secondary N) is 1. The lowest BCUT2D eigenvalue weighted by atomic mass is 9.99. The number of aromatic amines is 1. The zero-order valence-corrected chi connectivity index (χ0v) is 17.9. The minimum Gasteiger partial charge on any atom is -0.458 e. The fourth-order valence-corrected chi connectivity index (χ4v) is 4.31. The van der Waals surface area contributed by atoms with Crippen LogP contribution in [0.15, 0.2) is 69.9 Å². The van der Waals surface area contributed by atoms with Crippen LogP contribution in [0.25, 0.3) is 22.6 Å². The number of fused-ring (bicyclic) bond motifs is 2. The number of furan rings is 1. The predicted octanol–water partition coefficient (Wildman–Crippen LogP) is 5.01. The number of H-pyrrole nitrogens is 1. The van der Waals surface area contributed by atoms with Crippen LogP contribution in [0.1, 0.15) is 39.4 Å². The highest BCUT2D eigenvalue weighted by atomic mass is 19.4. The average molecular weight is 479 g/mol. The zero-order valence-electron chi connectivity index (χ0n) is 17.9. The Hall–Kier alpha value is -4.41. The van der Waals surface area contributed by atoms with Crippen LogP contribution in [0, 0.1) is 0 Å². The number of para-hydroxylation sites is 1. The number of rotatable bonds is 3. The number of imidazole rings is 1. The molecule has 0 unspecified atom stereocenters. The van der Waals surface area contributed by atoms with E-state index in [-0.39, 0.29) is 18.1 Å². The van der Waals surface area contributed by atoms with E-state index in [4.69, 9.17) is 8.83 Å². The highest BCUT2D eigenvalue weighted by molar-refractivity contribution is 5.94. The van der Waals surface area contributed by atoms with Crippen LogP contribution in [-0.2, 0) is 12.6 Å². The van der Waals surface area contributed by atoms with E-state index in [1.165, 1.54) is 23.5 Å². The molecule has 1 aliphatic heterocycles. The lowest BCUT2D eigenvalue weighted by Gasteiger charge is -2.33. The first kappa shape index (κ1) is 21.1. The smallest absolute Gasteiger partial charge is 0.437 e. The Bertz CT molecular complexity index is 1500. The lowest BCUT2D eigenvalue weighted by molar-refractivity contribution is -0.141. The summed E-state index contributed by atoms with van der Waals surface area (Å²) in [6, 6.07) is 12.8. The SMILES string of the molecule is O=C(c1oc(-c2ccccn2)nc1C(F)(F)F)N1CCc2[nH]cnc2[C@H]1c1cc2ccccc2o1. The van der Waals surface area contributed by atoms with Gasteiger partial charge >= 0.3 is 6.18 Å². The van der Waals surface area contributed by atoms with Crippen molar-refractivity contribution in [3.8, 4) is 11.6 Å². The molecule has 0 bridgehead atoms. The van der Waals surface area contributed by atoms with Crippen LogP contribution < -0.4 is 0 Å². The van der Waals surface area contributed by atoms with Crippen molar-refractivity contribution in [1.82, 2.24) is 24.8 Å². The number of benzene rings is 1. The molecule has 1 atom stereocenters. The number of aromatic nitrogens is 4. The average Bonchev–Trinajstić information content (AvgIpc) is 3.60. The monoisotopic (exact) mass is 479 g/mol. The molecule has 176 valence electrons. The van der Waals surface area contributed by atoms with Crippen molar-refractivity contribution >= 4 is 16.9 Å². The van der Waals surface area contributed by atoms with E-state index < -0.39 is 29.6 Å². The molecule has 5 aromatic rings. The second-order valence-corrected chi connectivity index (χ2v) is 8.01. The van der Waals surface area contributed by atoms with Crippen LogP contribution in [0.5, 0.6) is 0 Å². The second kappa shape index (κ2) is 7.83. The number of alkyl halides is 3. The molecule has 0 radical (unpaired) electrons. The second-order valence-electron chi connectivity index (χ2n) is 8.01. The maximum atomic E-state index is 13.9. The first-order valence-corrected chi connectivity index (χ1v) is 10.7. The van der Waals surface area contributed by atoms with Gasteiger partial charge in [-0.05, 0) is 24.3 Å². The number of pyridine rings is 1. The fourth-order valence-electron chi connectivity index (χ4n) is 4.31. The predicted molar refractivity (Wildman–Crippen MR) is 116 cm³/mol. The van der Waals surface area contributed by atoms with Crippen molar-refractivity contribution in [3.63, 3.8) is 0 Å². The molecule has 1 amide bonds. The van der Waals surface area contributed by atoms with Crippen molar-refractivity contribution in [2.24, 2.45) is 0 Å². The van der Waals surface area contributed by atoms with E-state index in [9.17, 15) is 18.0 Å². The first-order valence-electron chi connectivity index (χ1n) is 10.7. The molecule has 0 saturated carbocycles. The van der Waals surface area contributed by atoms with Gasteiger partial charge in [0, 0.05) is 30.2 Å². The van der Waals surface area contributed by atoms with Crippen LogP contribution in [0.2, 0.25) is 0 Å². The van der Waals surface area contributed by atoms with Gasteiger partial charge in [0.05, 0.1) is 12.0 Å². The maximum absolute atomic E-state index is 13.9. The Balaban J connectivity index is 1.47. The summed E-state index contributed by atoms with van der Waals surface area (Å²) in [6.45, 7) is 0.118. The summed E-state index contributed by atoms with van der Waals surface area (Å²) >= 11 is 0. The van der Waals surface area contributed by atoms with E-state index >= 15 is 0 Å². The molecule has 1 aromatic carbocycles. The third-order valence-electron chi connectivity index (χ3n) is 5.87. The Morgan fingerprint density at radius 1 is 1.09 bits per heavy atom. The van der Waals surface area contributed by atoms with Crippen molar-refractivity contribution < 1.29 is 26.8 Å². The molecule has 11 heteroatoms. The Labute approximate surface area is 195 Å². The van der Waals surface area contributed by atoms with Gasteiger partial charge in [0.15, 0.2) is 5.69 Å². The largest absolute Gasteiger partial charge is 0.458 e. The van der Waals surface area contributed by atoms with Crippen molar-refractivity contribution in [2.75, 3.05) is 6.54 Å². The van der Waals surface area contributed by atoms with Crippen LogP contribution >= 0.6 is 0 Å². The third kappa shape index (κ3) is 3.56. The molecule has 0 saturated heterocycles. The Kier molecular flexibility index (Phi) is 4.73. The van der Waals surface area contributed by atoms with Gasteiger partial charge in [-0.15, -0.1) is 0 Å². The van der Waals surface area contributed by atoms with Gasteiger partial charge in [0.2, 0.25) is 11.7 Å². The minimum absolute atomic E-state index is 0.0825. The van der Waals surface area contributed by atoms with E-state index in [0.717, 1.165) is 11.1 Å². The standard InChI is InChI=1S/C24H16F3N5O3/c25-24(26,27)21-20(35-22(31-21)15-6-3-4-9-28-15)23(33)32-10-8-14-18(30-12-29-14)19(32)17-11-13-5-1-2-7-16(13)34-17/h1-7,9,11-12,19H,8,10H2,(H,29,30)/t19-/m1/s1. The third-order valence-corrected chi connectivity index (χ3v) is 5.87. The maximum Gasteiger partial charge on any atom is 0.437 e. The molecular weight excluding hydrogens is 463 g/mol. The van der Waals surface area contributed by atoms with E-state index in [1.54, 1.807) is 24.3 Å². The topological polar surface area (TPSA) is 101 Å². The molecular formula is C24H16F3N5O3. The Morgan fingerprint density at radius 3 is 2.69 bits per heavy atom. The molecule has 5 heterocycles. The lowest BCUT2D eigenvalue weighted by Crippen LogP contribution is -2.41. The highest BCUT2D eigenvalue weighted by Gasteiger charge is 2.45. The van der Waals surface area contributed by atoms with Gasteiger partial charge in [-0.25, -0.2) is 9.97 Å². The van der Waals surface area contributed by atoms with Crippen LogP contribution in [0.3, 0.4) is 0 Å². The number of nitrogens with zero attached hydrogens (tertiary/aromatic N) is 4. The number of hydrogen-bond acceptors (Lipinski definition) is 6. The van der Waals surface area contributed by atoms with Gasteiger partial charge in [-0.3, -0.25) is 9.78 Å². The van der Waals surface area contributed by atoms with Crippen molar-refractivity contribution in [1.29, 1.82) is 0 Å². The van der Waals surface area contributed by atoms with Crippen molar-refractivity contribution in [3.05, 3.63) is 89.7 Å². The molecule has 1 aliphatic rings. The molecule has 4 aromatic heterocycles. The fraction of sp³-hybridized carbons (Fsp3) is 0.167. The molecule has 0 spiro atoms. The number of oxazole rings is 1. The number of hydrogen-bond donors (Lipinski definition) is 1. The summed E-state index contributed by atoms with van der Waals surface area (Å²) in [5.41, 5.74) is 0.549. The van der Waals surface area contributed by atoms with Gasteiger partial charge in [0.25, 0.3) is 5.91 Å². The van der Waals surface area contributed by atoms with Gasteiger partial charge in [0.1, 0.15) is 23.1 Å². The van der Waals surface area contributed by atoms with Gasteiger partial charge in [-0.2, -0.15) is 13.2 Å². The summed E-state index contributed by atoms with van der Waals surface area (Å²) in [6.07, 6.45) is -1.65. The van der Waals surface area contributed by atoms with Crippen LogP contribution in [-0.4, -0.2) is 37.3 Å². The highest BCUT2D eigenvalue weighted by Crippen LogP contribution is 2.40. The summed E-state index contributed by atoms with van der Waals surface area (Å²) in [7, 11) is 0. The van der Waals surface area contributed by atoms with Gasteiger partial charge < -0.3 is 18.7 Å². The molecule has 8 nitrogen and oxygen atoms in total. The number of carbonyl (C=O) groups excluding carboxylic acids is 1. The zero-order chi connectivity index (χ0) is 24.2. The van der Waals surface area contributed by atoms with Gasteiger partial charge in [-0.1, -0.05) is 24.3 Å². The first-order chi connectivity index (χ1) is 16.9. The summed E-state index contributed by atoms with van der Waals surface area (Å²) < 4.78 is 53.1. The normalized spacial score (nSPS) is 16.0. The van der Waals surface area contributed by atoms with Crippen LogP contribution in [0.4, 0.5) is 13.2 Å². The molecule has 1 N–H and O–H groups in total. The number of amides is 1. The molecule has 0 fully saturated rings. The van der Waals surface area contributed by atoms with E-state index in [1.807, 2.05) is 18.2 Å². The summed E-state index contributed by atoms with van der Waals surface area (Å²) in [5, 5.41) is 0.797. The summed E-state index contributed by atoms with van der Waals surface area (Å²) in [4.78, 5) is 29.9. The van der Waals surface area contributed by atoms with E-state index in [2.05, 4.69) is 19.9 Å². The Morgan fingerprint density at radius 2 is 1.91 bits per heavy atom. The molecule has 35 heavy (non-hydrogen) atoms. The minimum atomic E-state index is -4.91.